The summed E-state index contributed by atoms with van der Waals surface area (Å²) in [7, 11) is 0. The van der Waals surface area contributed by atoms with Crippen LogP contribution in [0, 0.1) is 0 Å². The van der Waals surface area contributed by atoms with E-state index in [1.807, 2.05) is 6.08 Å². The molecule has 2 fully saturated rings. The first-order valence-electron chi connectivity index (χ1n) is 42.3. The summed E-state index contributed by atoms with van der Waals surface area (Å²) >= 11 is 0. The molecule has 0 radical (unpaired) electrons. The predicted octanol–water partition coefficient (Wildman–Crippen LogP) is 20.0. The monoisotopic (exact) mass is 1450 g/mol. The molecule has 1 amide bonds. The van der Waals surface area contributed by atoms with Crippen LogP contribution in [0.25, 0.3) is 0 Å². The molecule has 0 spiro atoms. The van der Waals surface area contributed by atoms with Crippen molar-refractivity contribution in [1.82, 2.24) is 5.32 Å². The maximum atomic E-state index is 13.4. The number of hydrogen-bond donors (Lipinski definition) is 9. The molecule has 0 aliphatic carbocycles. The molecule has 0 aromatic carbocycles. The average molecular weight is 1450 g/mol. The first kappa shape index (κ1) is 95.5. The van der Waals surface area contributed by atoms with Crippen molar-refractivity contribution < 1.29 is 64.6 Å². The Hall–Kier alpha value is -3.61. The normalized spacial score (nSPS) is 22.2. The Morgan fingerprint density at radius 3 is 1.07 bits per heavy atom. The number of carbonyl (C=O) groups is 1. The fourth-order valence-electron chi connectivity index (χ4n) is 13.2. The number of amides is 1. The van der Waals surface area contributed by atoms with E-state index >= 15 is 0 Å². The van der Waals surface area contributed by atoms with Gasteiger partial charge in [-0.3, -0.25) is 4.79 Å². The minimum absolute atomic E-state index is 0.254. The fourth-order valence-corrected chi connectivity index (χ4v) is 13.2. The first-order chi connectivity index (χ1) is 50.6. The number of nitrogens with one attached hydrogen (secondary N) is 1. The maximum absolute atomic E-state index is 13.4. The van der Waals surface area contributed by atoms with Gasteiger partial charge in [-0.2, -0.15) is 0 Å². The van der Waals surface area contributed by atoms with Crippen molar-refractivity contribution in [2.75, 3.05) is 19.8 Å². The summed E-state index contributed by atoms with van der Waals surface area (Å²) in [6, 6.07) is -0.947. The van der Waals surface area contributed by atoms with Crippen LogP contribution in [-0.4, -0.2) is 140 Å². The third-order valence-corrected chi connectivity index (χ3v) is 19.9. The van der Waals surface area contributed by atoms with Gasteiger partial charge in [0.15, 0.2) is 12.6 Å². The van der Waals surface area contributed by atoms with Crippen LogP contribution < -0.4 is 5.32 Å². The Morgan fingerprint density at radius 1 is 0.359 bits per heavy atom. The minimum atomic E-state index is -1.80. The molecule has 594 valence electrons. The SMILES string of the molecule is CC/C=C\C/C=C\C/C=C\C/C=C\C/C=C\C/C=C\C/C=C\CCCCCCCCCCCCCCCCCC(=O)NC(COC1OC(CO)C(OC2OC(CO)C(O)C(O)C2O)C(O)C1O)C(O)/C=C/CC/C=C/CC/C=C/CCCCCCCCCCCCCCCCCCCCCCCC. The van der Waals surface area contributed by atoms with Gasteiger partial charge >= 0.3 is 0 Å². The van der Waals surface area contributed by atoms with Gasteiger partial charge in [0.1, 0.15) is 48.8 Å². The zero-order chi connectivity index (χ0) is 74.4. The van der Waals surface area contributed by atoms with Gasteiger partial charge < -0.3 is 65.1 Å². The molecular formula is C89H155NO13. The van der Waals surface area contributed by atoms with Gasteiger partial charge in [-0.05, 0) is 103 Å². The van der Waals surface area contributed by atoms with Gasteiger partial charge in [0.2, 0.25) is 5.91 Å². The van der Waals surface area contributed by atoms with Crippen LogP contribution in [0.1, 0.15) is 341 Å². The van der Waals surface area contributed by atoms with Gasteiger partial charge in [0, 0.05) is 6.42 Å². The molecule has 2 saturated heterocycles. The maximum Gasteiger partial charge on any atom is 0.220 e. The summed E-state index contributed by atoms with van der Waals surface area (Å²) in [5, 5.41) is 87.7. The van der Waals surface area contributed by atoms with Crippen LogP contribution in [0.5, 0.6) is 0 Å². The van der Waals surface area contributed by atoms with Crippen LogP contribution in [0.3, 0.4) is 0 Å². The summed E-state index contributed by atoms with van der Waals surface area (Å²) in [6.07, 6.45) is 88.6. The van der Waals surface area contributed by atoms with Crippen LogP contribution in [-0.2, 0) is 23.7 Å². The van der Waals surface area contributed by atoms with Crippen LogP contribution in [0.15, 0.2) is 122 Å². The molecule has 103 heavy (non-hydrogen) atoms. The minimum Gasteiger partial charge on any atom is -0.394 e. The molecular weight excluding hydrogens is 1290 g/mol. The van der Waals surface area contributed by atoms with E-state index in [0.717, 1.165) is 89.9 Å². The van der Waals surface area contributed by atoms with Crippen LogP contribution in [0.2, 0.25) is 0 Å². The lowest BCUT2D eigenvalue weighted by Gasteiger charge is -2.46. The summed E-state index contributed by atoms with van der Waals surface area (Å²) in [6.45, 7) is 2.70. The highest BCUT2D eigenvalue weighted by molar-refractivity contribution is 5.76. The van der Waals surface area contributed by atoms with Gasteiger partial charge in [-0.1, -0.05) is 354 Å². The average Bonchev–Trinajstić information content (AvgIpc) is 0.791. The van der Waals surface area contributed by atoms with Crippen molar-refractivity contribution in [2.24, 2.45) is 0 Å². The standard InChI is InChI=1S/C89H155NO13/c1-3-5-7-9-11-13-15-17-19-21-23-25-27-29-31-33-35-37-38-39-40-41-43-45-47-49-51-53-55-57-59-61-63-65-67-69-71-73-81(94)90-77(76-100-88-86(99)84(97)87(80(75-92)102-88)103-89-85(98)83(96)82(95)79(74-91)101-89)78(93)72-70-68-66-64-62-60-58-56-54-52-50-48-46-44-42-36-34-32-30-28-26-24-22-20-18-16-14-12-10-8-6-4-2/h5,7,11,13,17,19,23,25,29,31,35,37,39-40,54,56,62,64,70,72,77-80,82-89,91-93,95-99H,3-4,6,8-10,12,14-16,18,20-22,24,26-28,30,32-34,36,38,41-53,55,57-61,63,65-69,71,73-76H2,1-2H3,(H,90,94)/b7-5-,13-11-,19-17-,25-23-,31-29-,37-35-,40-39-,56-54+,64-62+,72-70+. The zero-order valence-corrected chi connectivity index (χ0v) is 65.3. The van der Waals surface area contributed by atoms with Gasteiger partial charge in [-0.15, -0.1) is 0 Å². The summed E-state index contributed by atoms with van der Waals surface area (Å²) < 4.78 is 22.9. The Morgan fingerprint density at radius 2 is 0.680 bits per heavy atom. The highest BCUT2D eigenvalue weighted by atomic mass is 16.7. The number of allylic oxidation sites excluding steroid dienone is 19. The van der Waals surface area contributed by atoms with E-state index in [-0.39, 0.29) is 18.9 Å². The second-order valence-electron chi connectivity index (χ2n) is 29.2. The van der Waals surface area contributed by atoms with Gasteiger partial charge in [0.05, 0.1) is 32.0 Å². The molecule has 14 nitrogen and oxygen atoms in total. The number of rotatable bonds is 70. The summed E-state index contributed by atoms with van der Waals surface area (Å²) in [5.41, 5.74) is 0. The van der Waals surface area contributed by atoms with Crippen molar-refractivity contribution in [2.45, 2.75) is 415 Å². The first-order valence-corrected chi connectivity index (χ1v) is 42.3. The lowest BCUT2D eigenvalue weighted by Crippen LogP contribution is -2.65. The number of carbonyl (C=O) groups excluding carboxylic acids is 1. The summed E-state index contributed by atoms with van der Waals surface area (Å²) in [5.74, 6) is -0.254. The predicted molar refractivity (Wildman–Crippen MR) is 429 cm³/mol. The molecule has 0 bridgehead atoms. The molecule has 12 atom stereocenters. The fraction of sp³-hybridized carbons (Fsp3) is 0.764. The molecule has 9 N–H and O–H groups in total. The number of aliphatic hydroxyl groups is 8. The highest BCUT2D eigenvalue weighted by Gasteiger charge is 2.51. The van der Waals surface area contributed by atoms with E-state index in [2.05, 4.69) is 129 Å². The van der Waals surface area contributed by atoms with Crippen molar-refractivity contribution in [3.63, 3.8) is 0 Å². The molecule has 0 aromatic heterocycles. The molecule has 14 heteroatoms. The largest absolute Gasteiger partial charge is 0.394 e. The van der Waals surface area contributed by atoms with E-state index in [1.54, 1.807) is 6.08 Å². The number of unbranched alkanes of at least 4 members (excludes halogenated alkanes) is 39. The Labute approximate surface area is 628 Å². The Bertz CT molecular complexity index is 2200. The van der Waals surface area contributed by atoms with E-state index in [0.29, 0.717) is 12.8 Å². The van der Waals surface area contributed by atoms with Crippen molar-refractivity contribution in [3.05, 3.63) is 122 Å². The highest BCUT2D eigenvalue weighted by Crippen LogP contribution is 2.30. The number of aliphatic hydroxyl groups excluding tert-OH is 8. The van der Waals surface area contributed by atoms with Crippen molar-refractivity contribution in [3.8, 4) is 0 Å². The molecule has 12 unspecified atom stereocenters. The Kier molecular flexibility index (Phi) is 66.1. The molecule has 0 saturated carbocycles. The van der Waals surface area contributed by atoms with E-state index in [4.69, 9.17) is 18.9 Å². The quantitative estimate of drug-likeness (QED) is 0.0204. The number of ether oxygens (including phenoxy) is 4. The van der Waals surface area contributed by atoms with Crippen molar-refractivity contribution >= 4 is 5.91 Å². The smallest absolute Gasteiger partial charge is 0.220 e. The molecule has 2 rings (SSSR count). The number of hydrogen-bond acceptors (Lipinski definition) is 13. The van der Waals surface area contributed by atoms with Crippen LogP contribution in [0.4, 0.5) is 0 Å². The summed E-state index contributed by atoms with van der Waals surface area (Å²) in [4.78, 5) is 13.4. The third-order valence-electron chi connectivity index (χ3n) is 19.9. The van der Waals surface area contributed by atoms with Crippen LogP contribution >= 0.6 is 0 Å². The third kappa shape index (κ3) is 53.8. The lowest BCUT2D eigenvalue weighted by atomic mass is 9.97. The van der Waals surface area contributed by atoms with E-state index in [1.165, 1.54) is 218 Å². The van der Waals surface area contributed by atoms with Gasteiger partial charge in [0.25, 0.3) is 0 Å². The molecule has 2 aliphatic heterocycles. The molecule has 2 aliphatic rings. The molecule has 0 aromatic rings. The lowest BCUT2D eigenvalue weighted by molar-refractivity contribution is -0.359. The topological polar surface area (TPSA) is 228 Å². The van der Waals surface area contributed by atoms with Gasteiger partial charge in [-0.25, -0.2) is 0 Å². The van der Waals surface area contributed by atoms with E-state index in [9.17, 15) is 45.6 Å². The second kappa shape index (κ2) is 71.3. The van der Waals surface area contributed by atoms with Crippen molar-refractivity contribution in [1.29, 1.82) is 0 Å². The van der Waals surface area contributed by atoms with E-state index < -0.39 is 86.8 Å². The zero-order valence-electron chi connectivity index (χ0n) is 65.3. The Balaban J connectivity index is 1.62. The molecule has 2 heterocycles. The second-order valence-corrected chi connectivity index (χ2v) is 29.2.